The van der Waals surface area contributed by atoms with Crippen LogP contribution in [0.2, 0.25) is 0 Å². The second kappa shape index (κ2) is 6.45. The molecule has 122 valence electrons. The number of rotatable bonds is 4. The van der Waals surface area contributed by atoms with Gasteiger partial charge in [0.05, 0.1) is 17.6 Å². The zero-order valence-electron chi connectivity index (χ0n) is 12.8. The van der Waals surface area contributed by atoms with Gasteiger partial charge in [-0.2, -0.15) is 0 Å². The van der Waals surface area contributed by atoms with E-state index < -0.39 is 0 Å². The molecule has 1 amide bonds. The van der Waals surface area contributed by atoms with Gasteiger partial charge in [-0.1, -0.05) is 11.2 Å². The molecule has 0 N–H and O–H groups in total. The molecule has 24 heavy (non-hydrogen) atoms. The van der Waals surface area contributed by atoms with E-state index in [0.717, 1.165) is 21.9 Å². The van der Waals surface area contributed by atoms with Crippen LogP contribution in [0.3, 0.4) is 0 Å². The lowest BCUT2D eigenvalue weighted by Gasteiger charge is -2.25. The largest absolute Gasteiger partial charge is 0.486 e. The number of nitrogens with zero attached hydrogens (tertiary/aromatic N) is 3. The Balaban J connectivity index is 1.48. The second-order valence-electron chi connectivity index (χ2n) is 5.46. The van der Waals surface area contributed by atoms with Gasteiger partial charge >= 0.3 is 0 Å². The molecular weight excluding hydrogens is 326 g/mol. The number of thiophene rings is 1. The summed E-state index contributed by atoms with van der Waals surface area (Å²) in [5.41, 5.74) is 1.69. The Morgan fingerprint density at radius 3 is 3.12 bits per heavy atom. The molecule has 0 unspecified atom stereocenters. The van der Waals surface area contributed by atoms with Crippen LogP contribution in [0.25, 0.3) is 0 Å². The molecule has 4 rings (SSSR count). The lowest BCUT2D eigenvalue weighted by atomic mass is 10.1. The quantitative estimate of drug-likeness (QED) is 0.730. The van der Waals surface area contributed by atoms with E-state index in [4.69, 9.17) is 9.26 Å². The Morgan fingerprint density at radius 2 is 2.33 bits per heavy atom. The molecule has 0 aliphatic carbocycles. The summed E-state index contributed by atoms with van der Waals surface area (Å²) in [7, 11) is 0. The van der Waals surface area contributed by atoms with Crippen molar-refractivity contribution in [2.45, 2.75) is 19.6 Å². The first kappa shape index (κ1) is 14.9. The molecule has 6 nitrogen and oxygen atoms in total. The molecule has 0 radical (unpaired) electrons. The number of hydrogen-bond donors (Lipinski definition) is 0. The summed E-state index contributed by atoms with van der Waals surface area (Å²) >= 11 is 1.46. The van der Waals surface area contributed by atoms with Gasteiger partial charge in [0, 0.05) is 24.7 Å². The van der Waals surface area contributed by atoms with Crippen LogP contribution in [0.1, 0.15) is 26.7 Å². The van der Waals surface area contributed by atoms with Crippen molar-refractivity contribution in [3.8, 4) is 5.75 Å². The third-order valence-electron chi connectivity index (χ3n) is 3.94. The Morgan fingerprint density at radius 1 is 1.38 bits per heavy atom. The molecule has 0 saturated heterocycles. The van der Waals surface area contributed by atoms with Crippen molar-refractivity contribution in [1.29, 1.82) is 0 Å². The van der Waals surface area contributed by atoms with Crippen LogP contribution < -0.4 is 4.74 Å². The molecule has 0 aromatic carbocycles. The van der Waals surface area contributed by atoms with Crippen LogP contribution >= 0.6 is 11.3 Å². The van der Waals surface area contributed by atoms with E-state index in [1.165, 1.54) is 11.3 Å². The summed E-state index contributed by atoms with van der Waals surface area (Å²) in [5.74, 6) is 1.57. The highest BCUT2D eigenvalue weighted by Crippen LogP contribution is 2.25. The number of hydrogen-bond acceptors (Lipinski definition) is 6. The number of fused-ring (bicyclic) bond motifs is 1. The summed E-state index contributed by atoms with van der Waals surface area (Å²) < 4.78 is 11.1. The van der Waals surface area contributed by atoms with E-state index in [2.05, 4.69) is 10.1 Å². The third kappa shape index (κ3) is 2.90. The molecule has 0 atom stereocenters. The van der Waals surface area contributed by atoms with Gasteiger partial charge in [0.2, 0.25) is 0 Å². The van der Waals surface area contributed by atoms with Crippen molar-refractivity contribution < 1.29 is 14.1 Å². The van der Waals surface area contributed by atoms with Gasteiger partial charge in [-0.05, 0) is 23.6 Å². The first-order valence-corrected chi connectivity index (χ1v) is 8.51. The van der Waals surface area contributed by atoms with E-state index in [1.54, 1.807) is 12.4 Å². The van der Waals surface area contributed by atoms with E-state index in [1.807, 2.05) is 34.5 Å². The summed E-state index contributed by atoms with van der Waals surface area (Å²) in [6.07, 6.45) is 4.02. The number of carbonyl (C=O) groups is 1. The molecule has 1 aliphatic rings. The highest BCUT2D eigenvalue weighted by atomic mass is 32.1. The van der Waals surface area contributed by atoms with E-state index in [9.17, 15) is 4.79 Å². The van der Waals surface area contributed by atoms with Gasteiger partial charge in [-0.3, -0.25) is 9.78 Å². The van der Waals surface area contributed by atoms with Crippen molar-refractivity contribution in [2.24, 2.45) is 0 Å². The van der Waals surface area contributed by atoms with Gasteiger partial charge < -0.3 is 14.2 Å². The number of carbonyl (C=O) groups excluding carboxylic acids is 1. The van der Waals surface area contributed by atoms with Gasteiger partial charge in [0.25, 0.3) is 5.91 Å². The van der Waals surface area contributed by atoms with E-state index in [0.29, 0.717) is 31.9 Å². The van der Waals surface area contributed by atoms with E-state index in [-0.39, 0.29) is 5.91 Å². The summed E-state index contributed by atoms with van der Waals surface area (Å²) in [4.78, 5) is 19.1. The van der Waals surface area contributed by atoms with Crippen LogP contribution in [0.5, 0.6) is 5.75 Å². The molecule has 4 heterocycles. The molecule has 0 fully saturated rings. The molecule has 3 aromatic heterocycles. The zero-order valence-corrected chi connectivity index (χ0v) is 13.7. The first-order chi connectivity index (χ1) is 11.8. The van der Waals surface area contributed by atoms with Crippen molar-refractivity contribution in [3.63, 3.8) is 0 Å². The van der Waals surface area contributed by atoms with Gasteiger partial charge in [0.15, 0.2) is 0 Å². The Labute approximate surface area is 142 Å². The maximum Gasteiger partial charge on any atom is 0.264 e. The third-order valence-corrected chi connectivity index (χ3v) is 4.80. The normalized spacial score (nSPS) is 13.6. The number of pyridine rings is 1. The number of aromatic nitrogens is 2. The fourth-order valence-corrected chi connectivity index (χ4v) is 3.38. The molecule has 0 saturated carbocycles. The fourth-order valence-electron chi connectivity index (χ4n) is 2.69. The van der Waals surface area contributed by atoms with Crippen molar-refractivity contribution in [1.82, 2.24) is 15.0 Å². The highest BCUT2D eigenvalue weighted by Gasteiger charge is 2.28. The maximum atomic E-state index is 12.5. The zero-order chi connectivity index (χ0) is 16.4. The monoisotopic (exact) mass is 341 g/mol. The van der Waals surface area contributed by atoms with Crippen LogP contribution in [-0.4, -0.2) is 27.5 Å². The van der Waals surface area contributed by atoms with Crippen LogP contribution in [0.4, 0.5) is 0 Å². The van der Waals surface area contributed by atoms with Crippen molar-refractivity contribution >= 4 is 17.2 Å². The molecule has 3 aromatic rings. The lowest BCUT2D eigenvalue weighted by Crippen LogP contribution is -2.35. The average Bonchev–Trinajstić information content (AvgIpc) is 3.30. The molecule has 0 bridgehead atoms. The Bertz CT molecular complexity index is 830. The first-order valence-electron chi connectivity index (χ1n) is 7.63. The fraction of sp³-hybridized carbons (Fsp3) is 0.235. The van der Waals surface area contributed by atoms with E-state index >= 15 is 0 Å². The summed E-state index contributed by atoms with van der Waals surface area (Å²) in [5, 5.41) is 6.03. The van der Waals surface area contributed by atoms with Gasteiger partial charge in [-0.25, -0.2) is 0 Å². The standard InChI is InChI=1S/C17H15N3O3S/c21-17(16-4-2-8-24-16)20-7-5-15-13(10-20)14(19-23-15)11-22-12-3-1-6-18-9-12/h1-4,6,8-9H,5,7,10-11H2. The lowest BCUT2D eigenvalue weighted by molar-refractivity contribution is 0.0733. The van der Waals surface area contributed by atoms with Crippen molar-refractivity contribution in [3.05, 3.63) is 63.9 Å². The highest BCUT2D eigenvalue weighted by molar-refractivity contribution is 7.12. The minimum atomic E-state index is 0.0518. The molecular formula is C17H15N3O3S. The van der Waals surface area contributed by atoms with Gasteiger partial charge in [0.1, 0.15) is 23.8 Å². The molecule has 7 heteroatoms. The van der Waals surface area contributed by atoms with Crippen LogP contribution in [-0.2, 0) is 19.6 Å². The second-order valence-corrected chi connectivity index (χ2v) is 6.41. The summed E-state index contributed by atoms with van der Waals surface area (Å²) in [6, 6.07) is 7.39. The minimum absolute atomic E-state index is 0.0518. The predicted octanol–water partition coefficient (Wildman–Crippen LogP) is 2.91. The topological polar surface area (TPSA) is 68.5 Å². The van der Waals surface area contributed by atoms with Crippen LogP contribution in [0.15, 0.2) is 46.6 Å². The SMILES string of the molecule is O=C(c1cccs1)N1CCc2onc(COc3cccnc3)c2C1. The van der Waals surface area contributed by atoms with Crippen molar-refractivity contribution in [2.75, 3.05) is 6.54 Å². The van der Waals surface area contributed by atoms with Crippen LogP contribution in [0, 0.1) is 0 Å². The Hall–Kier alpha value is -2.67. The maximum absolute atomic E-state index is 12.5. The smallest absolute Gasteiger partial charge is 0.264 e. The van der Waals surface area contributed by atoms with Gasteiger partial charge in [-0.15, -0.1) is 11.3 Å². The average molecular weight is 341 g/mol. The number of ether oxygens (including phenoxy) is 1. The number of amides is 1. The summed E-state index contributed by atoms with van der Waals surface area (Å²) in [6.45, 7) is 1.44. The molecule has 0 spiro atoms. The predicted molar refractivity (Wildman–Crippen MR) is 87.8 cm³/mol. The minimum Gasteiger partial charge on any atom is -0.486 e. The molecule has 1 aliphatic heterocycles. The Kier molecular flexibility index (Phi) is 4.00.